The van der Waals surface area contributed by atoms with Crippen molar-refractivity contribution in [1.82, 2.24) is 24.7 Å². The molecule has 1 aliphatic rings. The summed E-state index contributed by atoms with van der Waals surface area (Å²) >= 11 is 0. The van der Waals surface area contributed by atoms with Crippen molar-refractivity contribution in [2.24, 2.45) is 7.05 Å². The van der Waals surface area contributed by atoms with E-state index in [0.717, 1.165) is 16.7 Å². The molecule has 0 bridgehead atoms. The molecule has 5 rings (SSSR count). The van der Waals surface area contributed by atoms with Gasteiger partial charge in [0.1, 0.15) is 11.7 Å². The molecule has 0 saturated heterocycles. The number of pyridine rings is 1. The molecule has 0 N–H and O–H groups in total. The van der Waals surface area contributed by atoms with Crippen LogP contribution in [0, 0.1) is 0 Å². The third-order valence-electron chi connectivity index (χ3n) is 5.75. The Labute approximate surface area is 186 Å². The van der Waals surface area contributed by atoms with E-state index in [9.17, 15) is 4.79 Å². The summed E-state index contributed by atoms with van der Waals surface area (Å²) in [4.78, 5) is 30.6. The topological polar surface area (TPSA) is 80.0 Å². The van der Waals surface area contributed by atoms with E-state index >= 15 is 0 Å². The average molecular weight is 425 g/mol. The van der Waals surface area contributed by atoms with Gasteiger partial charge in [0.05, 0.1) is 6.20 Å². The van der Waals surface area contributed by atoms with Crippen LogP contribution in [0.25, 0.3) is 22.5 Å². The highest BCUT2D eigenvalue weighted by Gasteiger charge is 2.39. The van der Waals surface area contributed by atoms with Crippen LogP contribution in [-0.2, 0) is 11.8 Å². The zero-order valence-electron chi connectivity index (χ0n) is 18.2. The molecule has 4 aromatic rings. The van der Waals surface area contributed by atoms with Crippen molar-refractivity contribution in [3.63, 3.8) is 0 Å². The minimum Gasteiger partial charge on any atom is -0.309 e. The van der Waals surface area contributed by atoms with E-state index in [4.69, 9.17) is 4.98 Å². The van der Waals surface area contributed by atoms with Crippen molar-refractivity contribution in [3.05, 3.63) is 67.3 Å². The first-order chi connectivity index (χ1) is 15.6. The SMILES string of the molecule is CC[C@@H]1C(=O)N(C)c2cnc(-c3ccncc3-c3ccccc3)nc2N1c1ccn(C)n1. The quantitative estimate of drug-likeness (QED) is 0.494. The molecule has 8 heteroatoms. The van der Waals surface area contributed by atoms with Gasteiger partial charge in [0.25, 0.3) is 0 Å². The Morgan fingerprint density at radius 2 is 1.81 bits per heavy atom. The zero-order valence-corrected chi connectivity index (χ0v) is 18.2. The van der Waals surface area contributed by atoms with Gasteiger partial charge in [-0.15, -0.1) is 0 Å². The number of aromatic nitrogens is 5. The summed E-state index contributed by atoms with van der Waals surface area (Å²) in [6.45, 7) is 2.00. The van der Waals surface area contributed by atoms with Crippen LogP contribution in [0.1, 0.15) is 13.3 Å². The lowest BCUT2D eigenvalue weighted by Gasteiger charge is -2.39. The lowest BCUT2D eigenvalue weighted by atomic mass is 10.0. The van der Waals surface area contributed by atoms with Gasteiger partial charge in [0, 0.05) is 49.9 Å². The van der Waals surface area contributed by atoms with Gasteiger partial charge >= 0.3 is 0 Å². The Kier molecular flexibility index (Phi) is 4.89. The molecule has 0 radical (unpaired) electrons. The maximum Gasteiger partial charge on any atom is 0.250 e. The Balaban J connectivity index is 1.70. The largest absolute Gasteiger partial charge is 0.309 e. The molecular formula is C24H23N7O. The van der Waals surface area contributed by atoms with Gasteiger partial charge in [-0.1, -0.05) is 37.3 Å². The van der Waals surface area contributed by atoms with Crippen LogP contribution in [-0.4, -0.2) is 43.7 Å². The molecule has 1 atom stereocenters. The van der Waals surface area contributed by atoms with E-state index in [0.29, 0.717) is 29.6 Å². The van der Waals surface area contributed by atoms with Crippen LogP contribution >= 0.6 is 0 Å². The molecule has 0 spiro atoms. The molecule has 1 aromatic carbocycles. The lowest BCUT2D eigenvalue weighted by Crippen LogP contribution is -2.50. The lowest BCUT2D eigenvalue weighted by molar-refractivity contribution is -0.119. The van der Waals surface area contributed by atoms with Crippen LogP contribution in [0.2, 0.25) is 0 Å². The molecule has 0 fully saturated rings. The van der Waals surface area contributed by atoms with Crippen LogP contribution in [0.15, 0.2) is 67.3 Å². The molecule has 32 heavy (non-hydrogen) atoms. The fourth-order valence-corrected chi connectivity index (χ4v) is 4.10. The minimum absolute atomic E-state index is 0.00381. The smallest absolute Gasteiger partial charge is 0.250 e. The summed E-state index contributed by atoms with van der Waals surface area (Å²) in [6.07, 6.45) is 7.78. The minimum atomic E-state index is -0.392. The van der Waals surface area contributed by atoms with Gasteiger partial charge < -0.3 is 4.90 Å². The van der Waals surface area contributed by atoms with Crippen LogP contribution in [0.5, 0.6) is 0 Å². The number of amides is 1. The van der Waals surface area contributed by atoms with Crippen molar-refractivity contribution < 1.29 is 4.79 Å². The number of hydrogen-bond acceptors (Lipinski definition) is 6. The first-order valence-corrected chi connectivity index (χ1v) is 10.5. The number of carbonyl (C=O) groups is 1. The number of carbonyl (C=O) groups excluding carboxylic acids is 1. The Bertz CT molecular complexity index is 1280. The summed E-state index contributed by atoms with van der Waals surface area (Å²) in [7, 11) is 3.63. The van der Waals surface area contributed by atoms with Gasteiger partial charge in [0.15, 0.2) is 17.5 Å². The molecule has 0 unspecified atom stereocenters. The van der Waals surface area contributed by atoms with Crippen molar-refractivity contribution >= 4 is 23.2 Å². The van der Waals surface area contributed by atoms with Gasteiger partial charge in [-0.2, -0.15) is 5.10 Å². The number of nitrogens with zero attached hydrogens (tertiary/aromatic N) is 7. The summed E-state index contributed by atoms with van der Waals surface area (Å²) in [5.74, 6) is 1.92. The fraction of sp³-hybridized carbons (Fsp3) is 0.208. The summed E-state index contributed by atoms with van der Waals surface area (Å²) in [5.41, 5.74) is 3.52. The number of aryl methyl sites for hydroxylation is 1. The van der Waals surface area contributed by atoms with E-state index in [-0.39, 0.29) is 5.91 Å². The summed E-state index contributed by atoms with van der Waals surface area (Å²) in [6, 6.07) is 13.5. The molecule has 8 nitrogen and oxygen atoms in total. The Morgan fingerprint density at radius 1 is 1.00 bits per heavy atom. The van der Waals surface area contributed by atoms with Crippen LogP contribution in [0.3, 0.4) is 0 Å². The highest BCUT2D eigenvalue weighted by Crippen LogP contribution is 2.40. The molecule has 4 heterocycles. The highest BCUT2D eigenvalue weighted by atomic mass is 16.2. The molecule has 0 saturated carbocycles. The molecule has 1 amide bonds. The van der Waals surface area contributed by atoms with Crippen molar-refractivity contribution in [2.75, 3.05) is 16.8 Å². The van der Waals surface area contributed by atoms with Gasteiger partial charge in [-0.05, 0) is 18.1 Å². The van der Waals surface area contributed by atoms with Crippen LogP contribution < -0.4 is 9.80 Å². The van der Waals surface area contributed by atoms with E-state index in [1.54, 1.807) is 29.0 Å². The Hall–Kier alpha value is -4.07. The number of rotatable bonds is 4. The summed E-state index contributed by atoms with van der Waals surface area (Å²) < 4.78 is 1.73. The second-order valence-corrected chi connectivity index (χ2v) is 7.73. The first-order valence-electron chi connectivity index (χ1n) is 10.5. The standard InChI is InChI=1S/C24H23N7O/c1-4-19-24(32)30(3)20-15-26-22(27-23(20)31(19)21-11-13-29(2)28-21)17-10-12-25-14-18(17)16-8-6-5-7-9-16/h5-15,19H,4H2,1-3H3/t19-/m1/s1. The van der Waals surface area contributed by atoms with E-state index in [2.05, 4.69) is 15.1 Å². The maximum atomic E-state index is 13.1. The fourth-order valence-electron chi connectivity index (χ4n) is 4.10. The first kappa shape index (κ1) is 19.9. The average Bonchev–Trinajstić information content (AvgIpc) is 3.27. The highest BCUT2D eigenvalue weighted by molar-refractivity contribution is 6.06. The van der Waals surface area contributed by atoms with E-state index in [1.807, 2.05) is 73.7 Å². The maximum absolute atomic E-state index is 13.1. The van der Waals surface area contributed by atoms with Gasteiger partial charge in [-0.3, -0.25) is 19.4 Å². The van der Waals surface area contributed by atoms with Gasteiger partial charge in [-0.25, -0.2) is 9.97 Å². The number of anilines is 3. The third-order valence-corrected chi connectivity index (χ3v) is 5.75. The van der Waals surface area contributed by atoms with Gasteiger partial charge in [0.2, 0.25) is 5.91 Å². The molecule has 160 valence electrons. The van der Waals surface area contributed by atoms with Crippen LogP contribution in [0.4, 0.5) is 17.3 Å². The Morgan fingerprint density at radius 3 is 2.53 bits per heavy atom. The van der Waals surface area contributed by atoms with E-state index in [1.165, 1.54) is 0 Å². The number of benzene rings is 1. The van der Waals surface area contributed by atoms with Crippen molar-refractivity contribution in [3.8, 4) is 22.5 Å². The zero-order chi connectivity index (χ0) is 22.2. The molecule has 1 aliphatic heterocycles. The molecule has 0 aliphatic carbocycles. The number of hydrogen-bond donors (Lipinski definition) is 0. The second-order valence-electron chi connectivity index (χ2n) is 7.73. The predicted octanol–water partition coefficient (Wildman–Crippen LogP) is 3.83. The number of fused-ring (bicyclic) bond motifs is 1. The molecular weight excluding hydrogens is 402 g/mol. The van der Waals surface area contributed by atoms with E-state index < -0.39 is 6.04 Å². The second kappa shape index (κ2) is 7.88. The summed E-state index contributed by atoms with van der Waals surface area (Å²) in [5, 5.41) is 4.56. The predicted molar refractivity (Wildman–Crippen MR) is 124 cm³/mol. The number of likely N-dealkylation sites (N-methyl/N-ethyl adjacent to an activating group) is 1. The monoisotopic (exact) mass is 425 g/mol. The van der Waals surface area contributed by atoms with Crippen molar-refractivity contribution in [1.29, 1.82) is 0 Å². The van der Waals surface area contributed by atoms with Crippen molar-refractivity contribution in [2.45, 2.75) is 19.4 Å². The third kappa shape index (κ3) is 3.20. The molecule has 3 aromatic heterocycles. The normalized spacial score (nSPS) is 15.7.